The maximum absolute atomic E-state index is 12.3. The van der Waals surface area contributed by atoms with E-state index in [9.17, 15) is 4.79 Å². The molecule has 3 aromatic rings. The lowest BCUT2D eigenvalue weighted by Gasteiger charge is -2.12. The first kappa shape index (κ1) is 19.8. The molecule has 0 aliphatic carbocycles. The number of hydrogen-bond donors (Lipinski definition) is 3. The third-order valence-electron chi connectivity index (χ3n) is 3.63. The second kappa shape index (κ2) is 8.83. The molecular formula is C19H14ClIN2O3S. The van der Waals surface area contributed by atoms with Gasteiger partial charge in [0.15, 0.2) is 5.11 Å². The molecule has 0 unspecified atom stereocenters. The number of hydrogen-bond acceptors (Lipinski definition) is 4. The first-order chi connectivity index (χ1) is 13.0. The molecule has 1 heterocycles. The molecule has 0 aliphatic heterocycles. The van der Waals surface area contributed by atoms with Gasteiger partial charge in [-0.25, -0.2) is 0 Å². The number of anilines is 1. The molecule has 27 heavy (non-hydrogen) atoms. The lowest BCUT2D eigenvalue weighted by Crippen LogP contribution is -2.34. The molecule has 0 fully saturated rings. The van der Waals surface area contributed by atoms with Crippen molar-refractivity contribution in [1.82, 2.24) is 5.32 Å². The number of aliphatic hydroxyl groups excluding tert-OH is 1. The number of aliphatic hydroxyl groups is 1. The van der Waals surface area contributed by atoms with Gasteiger partial charge >= 0.3 is 0 Å². The van der Waals surface area contributed by atoms with Crippen molar-refractivity contribution >= 4 is 63.1 Å². The highest BCUT2D eigenvalue weighted by atomic mass is 127. The van der Waals surface area contributed by atoms with Crippen LogP contribution in [0.25, 0.3) is 11.3 Å². The minimum atomic E-state index is -0.308. The van der Waals surface area contributed by atoms with E-state index in [2.05, 4.69) is 33.2 Å². The molecule has 0 atom stereocenters. The topological polar surface area (TPSA) is 74.5 Å². The Bertz CT molecular complexity index is 1010. The van der Waals surface area contributed by atoms with Crippen LogP contribution in [-0.4, -0.2) is 16.1 Å². The number of amides is 1. The summed E-state index contributed by atoms with van der Waals surface area (Å²) in [7, 11) is 0. The van der Waals surface area contributed by atoms with Gasteiger partial charge in [-0.15, -0.1) is 0 Å². The molecule has 3 rings (SSSR count). The molecular weight excluding hydrogens is 499 g/mol. The number of thiocarbonyl (C=S) groups is 1. The summed E-state index contributed by atoms with van der Waals surface area (Å²) in [6.07, 6.45) is 0. The molecule has 3 N–H and O–H groups in total. The summed E-state index contributed by atoms with van der Waals surface area (Å²) >= 11 is 13.6. The van der Waals surface area contributed by atoms with Crippen LogP contribution in [0.3, 0.4) is 0 Å². The van der Waals surface area contributed by atoms with Gasteiger partial charge in [0.25, 0.3) is 5.91 Å². The summed E-state index contributed by atoms with van der Waals surface area (Å²) in [5.41, 5.74) is 1.80. The zero-order valence-electron chi connectivity index (χ0n) is 13.8. The second-order valence-electron chi connectivity index (χ2n) is 5.54. The van der Waals surface area contributed by atoms with Gasteiger partial charge in [-0.2, -0.15) is 0 Å². The lowest BCUT2D eigenvalue weighted by molar-refractivity contribution is 0.0977. The van der Waals surface area contributed by atoms with Gasteiger partial charge < -0.3 is 14.8 Å². The zero-order valence-corrected chi connectivity index (χ0v) is 17.6. The Labute approximate surface area is 179 Å². The Morgan fingerprint density at radius 1 is 1.19 bits per heavy atom. The van der Waals surface area contributed by atoms with E-state index in [0.717, 1.165) is 9.13 Å². The fourth-order valence-electron chi connectivity index (χ4n) is 2.35. The number of carbonyl (C=O) groups is 1. The molecule has 1 amide bonds. The molecule has 2 aromatic carbocycles. The van der Waals surface area contributed by atoms with Crippen molar-refractivity contribution in [2.45, 2.75) is 6.61 Å². The van der Waals surface area contributed by atoms with Crippen LogP contribution in [0.15, 0.2) is 59.0 Å². The summed E-state index contributed by atoms with van der Waals surface area (Å²) in [6, 6.07) is 15.9. The normalized spacial score (nSPS) is 10.5. The smallest absolute Gasteiger partial charge is 0.257 e. The van der Waals surface area contributed by atoms with Crippen molar-refractivity contribution in [3.05, 3.63) is 74.5 Å². The van der Waals surface area contributed by atoms with E-state index in [0.29, 0.717) is 27.8 Å². The fourth-order valence-corrected chi connectivity index (χ4v) is 3.26. The molecule has 0 aliphatic rings. The lowest BCUT2D eigenvalue weighted by atomic mass is 10.1. The van der Waals surface area contributed by atoms with Gasteiger partial charge in [0.2, 0.25) is 0 Å². The molecule has 8 heteroatoms. The van der Waals surface area contributed by atoms with Gasteiger partial charge in [-0.1, -0.05) is 17.7 Å². The van der Waals surface area contributed by atoms with E-state index in [-0.39, 0.29) is 17.6 Å². The Morgan fingerprint density at radius 2 is 2.00 bits per heavy atom. The number of benzene rings is 2. The monoisotopic (exact) mass is 512 g/mol. The van der Waals surface area contributed by atoms with Crippen LogP contribution < -0.4 is 10.6 Å². The average molecular weight is 513 g/mol. The van der Waals surface area contributed by atoms with E-state index in [1.54, 1.807) is 48.5 Å². The van der Waals surface area contributed by atoms with Crippen molar-refractivity contribution in [2.24, 2.45) is 0 Å². The van der Waals surface area contributed by atoms with Gasteiger partial charge in [0, 0.05) is 14.7 Å². The summed E-state index contributed by atoms with van der Waals surface area (Å²) < 4.78 is 6.48. The molecule has 0 radical (unpaired) electrons. The van der Waals surface area contributed by atoms with Crippen LogP contribution in [0.5, 0.6) is 0 Å². The Hall–Kier alpha value is -1.94. The van der Waals surface area contributed by atoms with Crippen LogP contribution in [0, 0.1) is 3.57 Å². The third kappa shape index (κ3) is 5.07. The first-order valence-corrected chi connectivity index (χ1v) is 9.70. The molecule has 0 spiro atoms. The van der Waals surface area contributed by atoms with Gasteiger partial charge in [-0.3, -0.25) is 10.1 Å². The first-order valence-electron chi connectivity index (χ1n) is 7.83. The number of furan rings is 1. The molecule has 1 aromatic heterocycles. The average Bonchev–Trinajstić information content (AvgIpc) is 3.12. The van der Waals surface area contributed by atoms with Crippen molar-refractivity contribution < 1.29 is 14.3 Å². The summed E-state index contributed by atoms with van der Waals surface area (Å²) in [6.45, 7) is -0.173. The van der Waals surface area contributed by atoms with Crippen LogP contribution in [0.1, 0.15) is 16.1 Å². The van der Waals surface area contributed by atoms with E-state index in [1.165, 1.54) is 0 Å². The van der Waals surface area contributed by atoms with E-state index in [4.69, 9.17) is 33.3 Å². The Morgan fingerprint density at radius 3 is 2.70 bits per heavy atom. The predicted molar refractivity (Wildman–Crippen MR) is 118 cm³/mol. The SMILES string of the molecule is O=C(NC(=S)Nc1cc(-c2ccc(CO)o2)ccc1Cl)c1cccc(I)c1. The highest BCUT2D eigenvalue weighted by Gasteiger charge is 2.12. The quantitative estimate of drug-likeness (QED) is 0.345. The summed E-state index contributed by atoms with van der Waals surface area (Å²) in [5, 5.41) is 15.3. The largest absolute Gasteiger partial charge is 0.459 e. The third-order valence-corrected chi connectivity index (χ3v) is 4.84. The maximum Gasteiger partial charge on any atom is 0.257 e. The molecule has 0 bridgehead atoms. The minimum absolute atomic E-state index is 0.133. The number of nitrogens with one attached hydrogen (secondary N) is 2. The molecule has 0 saturated heterocycles. The van der Waals surface area contributed by atoms with Gasteiger partial charge in [0.05, 0.1) is 10.7 Å². The van der Waals surface area contributed by atoms with E-state index < -0.39 is 0 Å². The highest BCUT2D eigenvalue weighted by Crippen LogP contribution is 2.30. The highest BCUT2D eigenvalue weighted by molar-refractivity contribution is 14.1. The van der Waals surface area contributed by atoms with E-state index in [1.807, 2.05) is 6.07 Å². The van der Waals surface area contributed by atoms with Crippen molar-refractivity contribution in [1.29, 1.82) is 0 Å². The van der Waals surface area contributed by atoms with Gasteiger partial charge in [0.1, 0.15) is 18.1 Å². The zero-order chi connectivity index (χ0) is 19.4. The number of rotatable bonds is 4. The molecule has 5 nitrogen and oxygen atoms in total. The standard InChI is InChI=1S/C19H14ClIN2O3S/c20-15-6-4-11(17-7-5-14(10-24)26-17)9-16(15)22-19(27)23-18(25)12-2-1-3-13(21)8-12/h1-9,24H,10H2,(H2,22,23,25,27). The maximum atomic E-state index is 12.3. The van der Waals surface area contributed by atoms with Gasteiger partial charge in [-0.05, 0) is 83.3 Å². The van der Waals surface area contributed by atoms with E-state index >= 15 is 0 Å². The molecule has 138 valence electrons. The van der Waals surface area contributed by atoms with Crippen LogP contribution in [-0.2, 0) is 6.61 Å². The summed E-state index contributed by atoms with van der Waals surface area (Å²) in [4.78, 5) is 12.3. The minimum Gasteiger partial charge on any atom is -0.459 e. The summed E-state index contributed by atoms with van der Waals surface area (Å²) in [5.74, 6) is 0.749. The van der Waals surface area contributed by atoms with Crippen LogP contribution in [0.2, 0.25) is 5.02 Å². The van der Waals surface area contributed by atoms with Crippen LogP contribution >= 0.6 is 46.4 Å². The van der Waals surface area contributed by atoms with Crippen molar-refractivity contribution in [3.8, 4) is 11.3 Å². The predicted octanol–water partition coefficient (Wildman–Crippen LogP) is 4.82. The van der Waals surface area contributed by atoms with Crippen molar-refractivity contribution in [3.63, 3.8) is 0 Å². The second-order valence-corrected chi connectivity index (χ2v) is 7.60. The number of carbonyl (C=O) groups excluding carboxylic acids is 1. The van der Waals surface area contributed by atoms with Crippen molar-refractivity contribution in [2.75, 3.05) is 5.32 Å². The molecule has 0 saturated carbocycles. The Kier molecular flexibility index (Phi) is 6.48. The Balaban J connectivity index is 1.73. The fraction of sp³-hybridized carbons (Fsp3) is 0.0526. The number of halogens is 2. The van der Waals surface area contributed by atoms with Crippen LogP contribution in [0.4, 0.5) is 5.69 Å².